The fourth-order valence-corrected chi connectivity index (χ4v) is 3.06. The van der Waals surface area contributed by atoms with Gasteiger partial charge in [0.2, 0.25) is 0 Å². The molecule has 0 aliphatic heterocycles. The Labute approximate surface area is 141 Å². The van der Waals surface area contributed by atoms with E-state index in [0.717, 1.165) is 25.0 Å². The zero-order valence-corrected chi connectivity index (χ0v) is 14.2. The predicted molar refractivity (Wildman–Crippen MR) is 91.5 cm³/mol. The number of nitrogens with zero attached hydrogens (tertiary/aromatic N) is 5. The number of carbonyl (C=O) groups excluding carboxylic acids is 1. The minimum Gasteiger partial charge on any atom is -0.335 e. The molecule has 3 rings (SSSR count). The number of urea groups is 1. The molecule has 0 saturated heterocycles. The van der Waals surface area contributed by atoms with Crippen LogP contribution in [0.5, 0.6) is 0 Å². The molecule has 0 aromatic carbocycles. The molecule has 1 aliphatic rings. The summed E-state index contributed by atoms with van der Waals surface area (Å²) in [6, 6.07) is 5.93. The Kier molecular flexibility index (Phi) is 4.75. The molecule has 8 nitrogen and oxygen atoms in total. The topological polar surface area (TPSA) is 88.0 Å². The summed E-state index contributed by atoms with van der Waals surface area (Å²) in [5, 5.41) is 18.1. The molecule has 0 radical (unpaired) electrons. The van der Waals surface area contributed by atoms with E-state index < -0.39 is 0 Å². The van der Waals surface area contributed by atoms with E-state index in [1.807, 2.05) is 19.2 Å². The second-order valence-electron chi connectivity index (χ2n) is 6.37. The van der Waals surface area contributed by atoms with E-state index >= 15 is 0 Å². The standard InChI is InChI=1S/C16H23N7O/c1-22(2)12-5-4-11(10-12)18-16(24)19-15-7-6-13(20-21-15)14-8-9-17-23(14)3/h6-9,11-12H,4-5,10H2,1-3H3,(H2,18,19,21,24)/t11-,12+/m1/s1. The molecule has 2 amide bonds. The summed E-state index contributed by atoms with van der Waals surface area (Å²) in [6.45, 7) is 0. The molecule has 0 unspecified atom stereocenters. The van der Waals surface area contributed by atoms with Crippen molar-refractivity contribution >= 4 is 11.8 Å². The smallest absolute Gasteiger partial charge is 0.320 e. The monoisotopic (exact) mass is 329 g/mol. The highest BCUT2D eigenvalue weighted by Crippen LogP contribution is 2.22. The number of aryl methyl sites for hydroxylation is 1. The quantitative estimate of drug-likeness (QED) is 0.887. The van der Waals surface area contributed by atoms with Crippen molar-refractivity contribution in [2.24, 2.45) is 7.05 Å². The van der Waals surface area contributed by atoms with Crippen LogP contribution in [0.3, 0.4) is 0 Å². The lowest BCUT2D eigenvalue weighted by Gasteiger charge is -2.19. The van der Waals surface area contributed by atoms with Gasteiger partial charge in [0.1, 0.15) is 5.69 Å². The molecule has 1 fully saturated rings. The molecule has 2 N–H and O–H groups in total. The first kappa shape index (κ1) is 16.4. The molecule has 2 heterocycles. The van der Waals surface area contributed by atoms with E-state index in [-0.39, 0.29) is 12.1 Å². The molecular formula is C16H23N7O. The molecule has 0 spiro atoms. The third-order valence-electron chi connectivity index (χ3n) is 4.46. The molecular weight excluding hydrogens is 306 g/mol. The number of rotatable bonds is 4. The number of aromatic nitrogens is 4. The predicted octanol–water partition coefficient (Wildman–Crippen LogP) is 1.48. The van der Waals surface area contributed by atoms with Crippen LogP contribution in [0.2, 0.25) is 0 Å². The fourth-order valence-electron chi connectivity index (χ4n) is 3.06. The van der Waals surface area contributed by atoms with E-state index in [1.165, 1.54) is 0 Å². The van der Waals surface area contributed by atoms with Gasteiger partial charge in [-0.3, -0.25) is 10.00 Å². The Hall–Kier alpha value is -2.48. The first-order chi connectivity index (χ1) is 11.5. The van der Waals surface area contributed by atoms with Gasteiger partial charge < -0.3 is 10.2 Å². The minimum absolute atomic E-state index is 0.207. The number of nitrogens with one attached hydrogen (secondary N) is 2. The highest BCUT2D eigenvalue weighted by molar-refractivity contribution is 5.88. The Morgan fingerprint density at radius 2 is 2.08 bits per heavy atom. The van der Waals surface area contributed by atoms with Crippen molar-refractivity contribution in [3.63, 3.8) is 0 Å². The molecule has 8 heteroatoms. The Balaban J connectivity index is 1.55. The Bertz CT molecular complexity index is 695. The molecule has 1 aliphatic carbocycles. The van der Waals surface area contributed by atoms with E-state index in [2.05, 4.69) is 44.9 Å². The number of carbonyl (C=O) groups is 1. The van der Waals surface area contributed by atoms with Crippen molar-refractivity contribution in [2.45, 2.75) is 31.3 Å². The van der Waals surface area contributed by atoms with Crippen LogP contribution < -0.4 is 10.6 Å². The molecule has 0 bridgehead atoms. The van der Waals surface area contributed by atoms with Crippen LogP contribution in [0.1, 0.15) is 19.3 Å². The first-order valence-electron chi connectivity index (χ1n) is 8.09. The zero-order valence-electron chi connectivity index (χ0n) is 14.2. The first-order valence-corrected chi connectivity index (χ1v) is 8.09. The largest absolute Gasteiger partial charge is 0.335 e. The maximum atomic E-state index is 12.1. The van der Waals surface area contributed by atoms with Gasteiger partial charge in [0.25, 0.3) is 0 Å². The van der Waals surface area contributed by atoms with Crippen molar-refractivity contribution in [3.8, 4) is 11.4 Å². The van der Waals surface area contributed by atoms with E-state index in [0.29, 0.717) is 17.6 Å². The third-order valence-corrected chi connectivity index (χ3v) is 4.46. The van der Waals surface area contributed by atoms with Crippen LogP contribution in [0.15, 0.2) is 24.4 Å². The summed E-state index contributed by atoms with van der Waals surface area (Å²) in [5.41, 5.74) is 1.59. The number of hydrogen-bond donors (Lipinski definition) is 2. The molecule has 2 aromatic rings. The van der Waals surface area contributed by atoms with Gasteiger partial charge in [-0.1, -0.05) is 0 Å². The highest BCUT2D eigenvalue weighted by Gasteiger charge is 2.27. The SMILES string of the molecule is CN(C)[C@H]1CC[C@@H](NC(=O)Nc2ccc(-c3ccnn3C)nn2)C1. The summed E-state index contributed by atoms with van der Waals surface area (Å²) in [7, 11) is 6.00. The van der Waals surface area contributed by atoms with Crippen LogP contribution in [-0.4, -0.2) is 57.1 Å². The highest BCUT2D eigenvalue weighted by atomic mass is 16.2. The maximum absolute atomic E-state index is 12.1. The average molecular weight is 329 g/mol. The average Bonchev–Trinajstić information content (AvgIpc) is 3.17. The van der Waals surface area contributed by atoms with Crippen molar-refractivity contribution in [2.75, 3.05) is 19.4 Å². The molecule has 24 heavy (non-hydrogen) atoms. The number of amides is 2. The molecule has 1 saturated carbocycles. The summed E-state index contributed by atoms with van der Waals surface area (Å²) in [4.78, 5) is 14.3. The Morgan fingerprint density at radius 1 is 1.25 bits per heavy atom. The van der Waals surface area contributed by atoms with Crippen LogP contribution in [0.4, 0.5) is 10.6 Å². The lowest BCUT2D eigenvalue weighted by Crippen LogP contribution is -2.38. The fraction of sp³-hybridized carbons (Fsp3) is 0.500. The van der Waals surface area contributed by atoms with Gasteiger partial charge in [-0.25, -0.2) is 4.79 Å². The van der Waals surface area contributed by atoms with E-state index in [9.17, 15) is 4.79 Å². The van der Waals surface area contributed by atoms with Crippen LogP contribution in [0, 0.1) is 0 Å². The van der Waals surface area contributed by atoms with Crippen LogP contribution in [0.25, 0.3) is 11.4 Å². The summed E-state index contributed by atoms with van der Waals surface area (Å²) >= 11 is 0. The van der Waals surface area contributed by atoms with Gasteiger partial charge in [0.05, 0.1) is 5.69 Å². The van der Waals surface area contributed by atoms with Gasteiger partial charge in [0, 0.05) is 25.3 Å². The van der Waals surface area contributed by atoms with Gasteiger partial charge in [0.15, 0.2) is 5.82 Å². The van der Waals surface area contributed by atoms with Crippen LogP contribution >= 0.6 is 0 Å². The summed E-state index contributed by atoms with van der Waals surface area (Å²) in [5.74, 6) is 0.431. The van der Waals surface area contributed by atoms with Crippen molar-refractivity contribution in [3.05, 3.63) is 24.4 Å². The van der Waals surface area contributed by atoms with Crippen LogP contribution in [-0.2, 0) is 7.05 Å². The van der Waals surface area contributed by atoms with Crippen molar-refractivity contribution in [1.29, 1.82) is 0 Å². The molecule has 2 aromatic heterocycles. The van der Waals surface area contributed by atoms with E-state index in [4.69, 9.17) is 0 Å². The number of anilines is 1. The summed E-state index contributed by atoms with van der Waals surface area (Å²) in [6.07, 6.45) is 4.79. The lowest BCUT2D eigenvalue weighted by atomic mass is 10.2. The lowest BCUT2D eigenvalue weighted by molar-refractivity contribution is 0.246. The van der Waals surface area contributed by atoms with Gasteiger partial charge in [-0.05, 0) is 51.6 Å². The second-order valence-corrected chi connectivity index (χ2v) is 6.37. The molecule has 2 atom stereocenters. The second kappa shape index (κ2) is 6.96. The van der Waals surface area contributed by atoms with Crippen molar-refractivity contribution in [1.82, 2.24) is 30.2 Å². The van der Waals surface area contributed by atoms with E-state index in [1.54, 1.807) is 16.9 Å². The minimum atomic E-state index is -0.234. The molecule has 128 valence electrons. The Morgan fingerprint density at radius 3 is 2.67 bits per heavy atom. The normalized spacial score (nSPS) is 20.3. The van der Waals surface area contributed by atoms with Crippen molar-refractivity contribution < 1.29 is 4.79 Å². The van der Waals surface area contributed by atoms with Gasteiger partial charge in [-0.15, -0.1) is 10.2 Å². The maximum Gasteiger partial charge on any atom is 0.320 e. The third kappa shape index (κ3) is 3.70. The zero-order chi connectivity index (χ0) is 17.1. The van der Waals surface area contributed by atoms with Gasteiger partial charge >= 0.3 is 6.03 Å². The number of hydrogen-bond acceptors (Lipinski definition) is 5. The summed E-state index contributed by atoms with van der Waals surface area (Å²) < 4.78 is 1.73. The van der Waals surface area contributed by atoms with Gasteiger partial charge in [-0.2, -0.15) is 5.10 Å².